The number of esters is 1. The first kappa shape index (κ1) is 26.4. The fourth-order valence-corrected chi connectivity index (χ4v) is 4.49. The number of nitrogens with zero attached hydrogens (tertiary/aromatic N) is 2. The van der Waals surface area contributed by atoms with Gasteiger partial charge in [0.25, 0.3) is 5.91 Å². The lowest BCUT2D eigenvalue weighted by molar-refractivity contribution is -0.132. The van der Waals surface area contributed by atoms with Crippen LogP contribution in [0.5, 0.6) is 11.6 Å². The number of aryl methyl sites for hydroxylation is 2. The third-order valence-electron chi connectivity index (χ3n) is 6.40. The molecule has 5 rings (SSSR count). The van der Waals surface area contributed by atoms with E-state index in [0.717, 1.165) is 33.7 Å². The van der Waals surface area contributed by atoms with Gasteiger partial charge in [-0.25, -0.2) is 0 Å². The van der Waals surface area contributed by atoms with Crippen LogP contribution >= 0.6 is 0 Å². The minimum absolute atomic E-state index is 0.191. The Hall–Kier alpha value is -5.17. The van der Waals surface area contributed by atoms with Crippen molar-refractivity contribution in [3.05, 3.63) is 114 Å². The van der Waals surface area contributed by atoms with Crippen LogP contribution in [-0.2, 0) is 4.79 Å². The van der Waals surface area contributed by atoms with Crippen LogP contribution in [0, 0.1) is 13.8 Å². The first-order chi connectivity index (χ1) is 19.3. The molecule has 0 saturated carbocycles. The number of amides is 1. The van der Waals surface area contributed by atoms with Crippen LogP contribution in [-0.4, -0.2) is 28.8 Å². The monoisotopic (exact) mass is 531 g/mol. The van der Waals surface area contributed by atoms with Crippen LogP contribution in [0.2, 0.25) is 0 Å². The lowest BCUT2D eigenvalue weighted by Gasteiger charge is -2.11. The number of hydrogen-bond acceptors (Lipinski definition) is 5. The molecule has 0 aliphatic rings. The number of benzene rings is 4. The predicted octanol–water partition coefficient (Wildman–Crippen LogP) is 7.01. The summed E-state index contributed by atoms with van der Waals surface area (Å²) in [5.74, 6) is 0.374. The zero-order valence-electron chi connectivity index (χ0n) is 22.8. The average Bonchev–Trinajstić information content (AvgIpc) is 3.32. The highest BCUT2D eigenvalue weighted by atomic mass is 16.5. The van der Waals surface area contributed by atoms with E-state index in [2.05, 4.69) is 5.32 Å². The lowest BCUT2D eigenvalue weighted by atomic mass is 10.0. The van der Waals surface area contributed by atoms with Crippen LogP contribution in [0.15, 0.2) is 97.1 Å². The Bertz CT molecular complexity index is 1690. The third-order valence-corrected chi connectivity index (χ3v) is 6.40. The summed E-state index contributed by atoms with van der Waals surface area (Å²) in [6, 6.07) is 30.2. The van der Waals surface area contributed by atoms with Crippen LogP contribution in [0.4, 0.5) is 5.69 Å². The Morgan fingerprint density at radius 2 is 1.45 bits per heavy atom. The van der Waals surface area contributed by atoms with Gasteiger partial charge in [0.05, 0.1) is 18.4 Å². The van der Waals surface area contributed by atoms with E-state index in [4.69, 9.17) is 14.6 Å². The van der Waals surface area contributed by atoms with Crippen molar-refractivity contribution in [2.45, 2.75) is 20.8 Å². The van der Waals surface area contributed by atoms with E-state index < -0.39 is 5.97 Å². The molecule has 0 spiro atoms. The predicted molar refractivity (Wildman–Crippen MR) is 156 cm³/mol. The molecule has 0 fully saturated rings. The summed E-state index contributed by atoms with van der Waals surface area (Å²) < 4.78 is 12.8. The summed E-state index contributed by atoms with van der Waals surface area (Å²) in [5.41, 5.74) is 6.93. The summed E-state index contributed by atoms with van der Waals surface area (Å²) in [4.78, 5) is 25.1. The van der Waals surface area contributed by atoms with Crippen molar-refractivity contribution in [3.63, 3.8) is 0 Å². The molecule has 0 unspecified atom stereocenters. The molecule has 200 valence electrons. The Balaban J connectivity index is 1.61. The SMILES string of the molecule is COc1ccc(-c2nn(-c3cccc(C)c3)c(OC(C)=O)c2-c2ccc(NC(=O)c3cccc(C)c3)cc2)cc1. The summed E-state index contributed by atoms with van der Waals surface area (Å²) in [5, 5.41) is 7.87. The normalized spacial score (nSPS) is 10.7. The maximum Gasteiger partial charge on any atom is 0.309 e. The first-order valence-corrected chi connectivity index (χ1v) is 12.8. The standard InChI is InChI=1S/C33H29N3O4/c1-21-7-5-9-26(19-21)32(38)34-27-15-11-24(12-16-27)30-31(25-13-17-29(39-4)18-14-25)35-36(33(30)40-23(3)37)28-10-6-8-22(2)20-28/h5-20H,1-4H3,(H,34,38). The van der Waals surface area contributed by atoms with Crippen molar-refractivity contribution in [2.75, 3.05) is 12.4 Å². The van der Waals surface area contributed by atoms with Gasteiger partial charge in [0.1, 0.15) is 11.4 Å². The van der Waals surface area contributed by atoms with Gasteiger partial charge >= 0.3 is 5.97 Å². The molecule has 40 heavy (non-hydrogen) atoms. The number of nitrogens with one attached hydrogen (secondary N) is 1. The van der Waals surface area contributed by atoms with E-state index in [1.54, 1.807) is 17.9 Å². The molecule has 0 aliphatic carbocycles. The fourth-order valence-electron chi connectivity index (χ4n) is 4.49. The Kier molecular flexibility index (Phi) is 7.46. The molecule has 5 aromatic rings. The van der Waals surface area contributed by atoms with Gasteiger partial charge in [0.15, 0.2) is 0 Å². The van der Waals surface area contributed by atoms with E-state index in [-0.39, 0.29) is 5.91 Å². The van der Waals surface area contributed by atoms with Crippen molar-refractivity contribution < 1.29 is 19.1 Å². The van der Waals surface area contributed by atoms with Crippen LogP contribution in [0.25, 0.3) is 28.1 Å². The average molecular weight is 532 g/mol. The van der Waals surface area contributed by atoms with Crippen LogP contribution in [0.1, 0.15) is 28.4 Å². The summed E-state index contributed by atoms with van der Waals surface area (Å²) in [6.45, 7) is 5.31. The number of aromatic nitrogens is 2. The molecule has 1 N–H and O–H groups in total. The molecule has 7 nitrogen and oxygen atoms in total. The Labute approximate surface area is 233 Å². The van der Waals surface area contributed by atoms with Crippen molar-refractivity contribution in [1.29, 1.82) is 0 Å². The fraction of sp³-hybridized carbons (Fsp3) is 0.121. The highest BCUT2D eigenvalue weighted by molar-refractivity contribution is 6.04. The molecule has 1 aromatic heterocycles. The highest BCUT2D eigenvalue weighted by Gasteiger charge is 2.25. The topological polar surface area (TPSA) is 82.4 Å². The second-order valence-electron chi connectivity index (χ2n) is 9.50. The number of rotatable bonds is 7. The van der Waals surface area contributed by atoms with E-state index in [1.165, 1.54) is 6.92 Å². The molecule has 1 heterocycles. The number of anilines is 1. The van der Waals surface area contributed by atoms with E-state index in [0.29, 0.717) is 28.4 Å². The zero-order chi connectivity index (χ0) is 28.2. The summed E-state index contributed by atoms with van der Waals surface area (Å²) in [6.07, 6.45) is 0. The maximum absolute atomic E-state index is 12.8. The van der Waals surface area contributed by atoms with Gasteiger partial charge in [0, 0.05) is 23.7 Å². The second kappa shape index (κ2) is 11.3. The van der Waals surface area contributed by atoms with Crippen molar-refractivity contribution in [3.8, 4) is 39.7 Å². The number of carbonyl (C=O) groups is 2. The molecule has 0 atom stereocenters. The summed E-state index contributed by atoms with van der Waals surface area (Å²) in [7, 11) is 1.62. The number of ether oxygens (including phenoxy) is 2. The highest BCUT2D eigenvalue weighted by Crippen LogP contribution is 2.41. The van der Waals surface area contributed by atoms with E-state index in [1.807, 2.05) is 105 Å². The smallest absolute Gasteiger partial charge is 0.309 e. The largest absolute Gasteiger partial charge is 0.497 e. The van der Waals surface area contributed by atoms with Crippen LogP contribution < -0.4 is 14.8 Å². The van der Waals surface area contributed by atoms with Crippen molar-refractivity contribution in [2.24, 2.45) is 0 Å². The lowest BCUT2D eigenvalue weighted by Crippen LogP contribution is -2.11. The Morgan fingerprint density at radius 3 is 2.08 bits per heavy atom. The molecule has 0 saturated heterocycles. The molecular weight excluding hydrogens is 502 g/mol. The van der Waals surface area contributed by atoms with Gasteiger partial charge in [0.2, 0.25) is 5.88 Å². The number of hydrogen-bond donors (Lipinski definition) is 1. The molecule has 1 amide bonds. The first-order valence-electron chi connectivity index (χ1n) is 12.8. The van der Waals surface area contributed by atoms with Gasteiger partial charge in [-0.05, 0) is 85.6 Å². The van der Waals surface area contributed by atoms with Gasteiger partial charge in [-0.2, -0.15) is 9.78 Å². The molecule has 0 radical (unpaired) electrons. The minimum atomic E-state index is -0.460. The second-order valence-corrected chi connectivity index (χ2v) is 9.50. The maximum atomic E-state index is 12.8. The van der Waals surface area contributed by atoms with Gasteiger partial charge in [-0.1, -0.05) is 42.0 Å². The number of carbonyl (C=O) groups excluding carboxylic acids is 2. The molecule has 7 heteroatoms. The quantitative estimate of drug-likeness (QED) is 0.229. The zero-order valence-corrected chi connectivity index (χ0v) is 22.8. The van der Waals surface area contributed by atoms with Gasteiger partial charge in [-0.15, -0.1) is 0 Å². The van der Waals surface area contributed by atoms with Crippen molar-refractivity contribution in [1.82, 2.24) is 9.78 Å². The van der Waals surface area contributed by atoms with Gasteiger partial charge in [-0.3, -0.25) is 9.59 Å². The molecular formula is C33H29N3O4. The molecule has 0 aliphatic heterocycles. The van der Waals surface area contributed by atoms with E-state index in [9.17, 15) is 9.59 Å². The summed E-state index contributed by atoms with van der Waals surface area (Å²) >= 11 is 0. The third kappa shape index (κ3) is 5.63. The number of methoxy groups -OCH3 is 1. The molecule has 4 aromatic carbocycles. The van der Waals surface area contributed by atoms with Crippen LogP contribution in [0.3, 0.4) is 0 Å². The van der Waals surface area contributed by atoms with Gasteiger partial charge < -0.3 is 14.8 Å². The Morgan fingerprint density at radius 1 is 0.800 bits per heavy atom. The minimum Gasteiger partial charge on any atom is -0.497 e. The van der Waals surface area contributed by atoms with Crippen molar-refractivity contribution >= 4 is 17.6 Å². The van der Waals surface area contributed by atoms with E-state index >= 15 is 0 Å². The molecule has 0 bridgehead atoms.